The molecule has 0 fully saturated rings. The number of nitrogen functional groups attached to an aromatic ring is 1. The Kier molecular flexibility index (Phi) is 5.29. The van der Waals surface area contributed by atoms with Gasteiger partial charge in [-0.25, -0.2) is 0 Å². The zero-order valence-electron chi connectivity index (χ0n) is 12.4. The molecular weight excluding hydrogens is 282 g/mol. The van der Waals surface area contributed by atoms with E-state index in [0.29, 0.717) is 0 Å². The third kappa shape index (κ3) is 3.79. The summed E-state index contributed by atoms with van der Waals surface area (Å²) >= 11 is 5.87. The van der Waals surface area contributed by atoms with Crippen LogP contribution in [-0.4, -0.2) is 6.61 Å². The van der Waals surface area contributed by atoms with Gasteiger partial charge in [0.25, 0.3) is 0 Å². The van der Waals surface area contributed by atoms with Crippen molar-refractivity contribution < 1.29 is 4.74 Å². The van der Waals surface area contributed by atoms with E-state index in [1.165, 1.54) is 5.56 Å². The smallest absolute Gasteiger partial charge is 0.129 e. The minimum absolute atomic E-state index is 0.737. The van der Waals surface area contributed by atoms with Gasteiger partial charge in [0.2, 0.25) is 0 Å². The summed E-state index contributed by atoms with van der Waals surface area (Å²) in [4.78, 5) is 0. The number of nitrogens with two attached hydrogens (primary N) is 1. The van der Waals surface area contributed by atoms with Gasteiger partial charge >= 0.3 is 0 Å². The summed E-state index contributed by atoms with van der Waals surface area (Å²) in [5.74, 6) is 0.958. The average molecular weight is 302 g/mol. The van der Waals surface area contributed by atoms with Gasteiger partial charge in [-0.15, -0.1) is 0 Å². The van der Waals surface area contributed by atoms with Gasteiger partial charge in [0.1, 0.15) is 5.75 Å². The van der Waals surface area contributed by atoms with Gasteiger partial charge in [0.15, 0.2) is 0 Å². The molecule has 0 spiro atoms. The number of fused-ring (bicyclic) bond motifs is 1. The summed E-state index contributed by atoms with van der Waals surface area (Å²) in [6, 6.07) is 11.6. The molecule has 21 heavy (non-hydrogen) atoms. The van der Waals surface area contributed by atoms with E-state index in [0.717, 1.165) is 40.6 Å². The SMILES string of the molecule is CC.Nc1cc(/C=C/c2ccc(Cl)cc2)c2c(c1)CCO2. The quantitative estimate of drug-likeness (QED) is 0.622. The number of anilines is 1. The molecule has 0 atom stereocenters. The van der Waals surface area contributed by atoms with Crippen LogP contribution < -0.4 is 10.5 Å². The molecule has 2 aromatic carbocycles. The van der Waals surface area contributed by atoms with Gasteiger partial charge < -0.3 is 10.5 Å². The van der Waals surface area contributed by atoms with Gasteiger partial charge in [-0.2, -0.15) is 0 Å². The highest BCUT2D eigenvalue weighted by Gasteiger charge is 2.15. The first-order chi connectivity index (χ1) is 10.2. The molecule has 0 saturated heterocycles. The first-order valence-electron chi connectivity index (χ1n) is 7.21. The van der Waals surface area contributed by atoms with Crippen LogP contribution in [0.2, 0.25) is 5.02 Å². The lowest BCUT2D eigenvalue weighted by atomic mass is 10.1. The van der Waals surface area contributed by atoms with E-state index in [1.54, 1.807) is 0 Å². The van der Waals surface area contributed by atoms with Gasteiger partial charge in [-0.3, -0.25) is 0 Å². The Morgan fingerprint density at radius 3 is 2.52 bits per heavy atom. The molecule has 1 aliphatic heterocycles. The Balaban J connectivity index is 0.000000774. The lowest BCUT2D eigenvalue weighted by Gasteiger charge is -2.05. The van der Waals surface area contributed by atoms with Gasteiger partial charge in [-0.1, -0.05) is 49.7 Å². The van der Waals surface area contributed by atoms with Crippen molar-refractivity contribution in [2.24, 2.45) is 0 Å². The third-order valence-electron chi connectivity index (χ3n) is 3.16. The van der Waals surface area contributed by atoms with E-state index >= 15 is 0 Å². The summed E-state index contributed by atoms with van der Waals surface area (Å²) < 4.78 is 5.66. The van der Waals surface area contributed by atoms with Crippen molar-refractivity contribution in [3.8, 4) is 5.75 Å². The number of hydrogen-bond acceptors (Lipinski definition) is 2. The molecule has 0 amide bonds. The molecule has 2 N–H and O–H groups in total. The zero-order valence-corrected chi connectivity index (χ0v) is 13.2. The van der Waals surface area contributed by atoms with Crippen molar-refractivity contribution in [1.82, 2.24) is 0 Å². The van der Waals surface area contributed by atoms with Crippen molar-refractivity contribution in [1.29, 1.82) is 0 Å². The second kappa shape index (κ2) is 7.19. The molecule has 0 aliphatic carbocycles. The molecule has 0 unspecified atom stereocenters. The van der Waals surface area contributed by atoms with Crippen LogP contribution in [0.25, 0.3) is 12.2 Å². The predicted octanol–water partition coefficient (Wildman–Crippen LogP) is 5.05. The van der Waals surface area contributed by atoms with E-state index in [4.69, 9.17) is 22.1 Å². The number of rotatable bonds is 2. The van der Waals surface area contributed by atoms with E-state index in [-0.39, 0.29) is 0 Å². The Morgan fingerprint density at radius 1 is 1.10 bits per heavy atom. The van der Waals surface area contributed by atoms with Crippen molar-refractivity contribution >= 4 is 29.4 Å². The molecular formula is C18H20ClNO. The Bertz CT molecular complexity index is 632. The van der Waals surface area contributed by atoms with Crippen LogP contribution >= 0.6 is 11.6 Å². The molecule has 0 radical (unpaired) electrons. The largest absolute Gasteiger partial charge is 0.492 e. The summed E-state index contributed by atoms with van der Waals surface area (Å²) in [7, 11) is 0. The van der Waals surface area contributed by atoms with Crippen molar-refractivity contribution in [2.75, 3.05) is 12.3 Å². The van der Waals surface area contributed by atoms with Crippen LogP contribution in [0.5, 0.6) is 5.75 Å². The number of halogens is 1. The number of hydrogen-bond donors (Lipinski definition) is 1. The standard InChI is InChI=1S/C16H14ClNO.C2H6/c17-14-5-2-11(3-6-14)1-4-12-9-15(18)10-13-7-8-19-16(12)13;1-2/h1-6,9-10H,7-8,18H2;1-2H3/b4-1+;. The van der Waals surface area contributed by atoms with E-state index in [1.807, 2.05) is 62.4 Å². The topological polar surface area (TPSA) is 35.2 Å². The molecule has 0 saturated carbocycles. The molecule has 1 heterocycles. The minimum Gasteiger partial charge on any atom is -0.492 e. The first-order valence-corrected chi connectivity index (χ1v) is 7.59. The fourth-order valence-electron chi connectivity index (χ4n) is 2.25. The predicted molar refractivity (Wildman–Crippen MR) is 91.8 cm³/mol. The molecule has 110 valence electrons. The Morgan fingerprint density at radius 2 is 1.81 bits per heavy atom. The van der Waals surface area contributed by atoms with Crippen LogP contribution in [0.15, 0.2) is 36.4 Å². The maximum absolute atomic E-state index is 5.91. The highest BCUT2D eigenvalue weighted by Crippen LogP contribution is 2.33. The van der Waals surface area contributed by atoms with Crippen LogP contribution in [0.4, 0.5) is 5.69 Å². The lowest BCUT2D eigenvalue weighted by Crippen LogP contribution is -1.90. The number of benzene rings is 2. The fourth-order valence-corrected chi connectivity index (χ4v) is 2.37. The lowest BCUT2D eigenvalue weighted by molar-refractivity contribution is 0.356. The summed E-state index contributed by atoms with van der Waals surface area (Å²) in [6.45, 7) is 4.74. The van der Waals surface area contributed by atoms with E-state index < -0.39 is 0 Å². The van der Waals surface area contributed by atoms with Crippen LogP contribution in [0, 0.1) is 0 Å². The van der Waals surface area contributed by atoms with Crippen molar-refractivity contribution in [3.05, 3.63) is 58.1 Å². The Hall–Kier alpha value is -1.93. The average Bonchev–Trinajstić information content (AvgIpc) is 2.96. The maximum Gasteiger partial charge on any atom is 0.129 e. The minimum atomic E-state index is 0.737. The van der Waals surface area contributed by atoms with Crippen LogP contribution in [-0.2, 0) is 6.42 Å². The second-order valence-corrected chi connectivity index (χ2v) is 5.02. The van der Waals surface area contributed by atoms with E-state index in [2.05, 4.69) is 0 Å². The molecule has 0 bridgehead atoms. The van der Waals surface area contributed by atoms with Crippen molar-refractivity contribution in [3.63, 3.8) is 0 Å². The summed E-state index contributed by atoms with van der Waals surface area (Å²) in [5, 5.41) is 0.741. The molecule has 2 aromatic rings. The van der Waals surface area contributed by atoms with Gasteiger partial charge in [-0.05, 0) is 29.8 Å². The second-order valence-electron chi connectivity index (χ2n) is 4.58. The fraction of sp³-hybridized carbons (Fsp3) is 0.222. The first kappa shape index (κ1) is 15.5. The normalized spacial score (nSPS) is 12.5. The summed E-state index contributed by atoms with van der Waals surface area (Å²) in [5.41, 5.74) is 10.0. The van der Waals surface area contributed by atoms with Crippen LogP contribution in [0.3, 0.4) is 0 Å². The molecule has 1 aliphatic rings. The molecule has 0 aromatic heterocycles. The highest BCUT2D eigenvalue weighted by molar-refractivity contribution is 6.30. The maximum atomic E-state index is 5.91. The highest BCUT2D eigenvalue weighted by atomic mass is 35.5. The van der Waals surface area contributed by atoms with E-state index in [9.17, 15) is 0 Å². The monoisotopic (exact) mass is 301 g/mol. The number of ether oxygens (including phenoxy) is 1. The van der Waals surface area contributed by atoms with Crippen LogP contribution in [0.1, 0.15) is 30.5 Å². The molecule has 3 heteroatoms. The van der Waals surface area contributed by atoms with Gasteiger partial charge in [0, 0.05) is 28.3 Å². The summed E-state index contributed by atoms with van der Waals surface area (Å²) in [6.07, 6.45) is 5.00. The molecule has 3 rings (SSSR count). The van der Waals surface area contributed by atoms with Gasteiger partial charge in [0.05, 0.1) is 6.61 Å². The third-order valence-corrected chi connectivity index (χ3v) is 3.41. The molecule has 2 nitrogen and oxygen atoms in total. The zero-order chi connectivity index (χ0) is 15.2. The Labute approximate surface area is 131 Å². The van der Waals surface area contributed by atoms with Crippen molar-refractivity contribution in [2.45, 2.75) is 20.3 Å².